The van der Waals surface area contributed by atoms with Crippen LogP contribution < -0.4 is 10.6 Å². The predicted octanol–water partition coefficient (Wildman–Crippen LogP) is 3.81. The first-order valence-electron chi connectivity index (χ1n) is 8.34. The summed E-state index contributed by atoms with van der Waals surface area (Å²) in [6.07, 6.45) is 4.98. The Morgan fingerprint density at radius 2 is 1.89 bits per heavy atom. The third kappa shape index (κ3) is 6.74. The quantitative estimate of drug-likeness (QED) is 0.424. The summed E-state index contributed by atoms with van der Waals surface area (Å²) in [6, 6.07) is 13.7. The van der Waals surface area contributed by atoms with Crippen molar-refractivity contribution < 1.29 is 4.79 Å². The molecule has 0 atom stereocenters. The highest BCUT2D eigenvalue weighted by Gasteiger charge is 2.06. The molecule has 0 fully saturated rings. The zero-order chi connectivity index (χ0) is 17.5. The molecule has 3 rings (SSSR count). The third-order valence-electron chi connectivity index (χ3n) is 3.81. The van der Waals surface area contributed by atoms with Crippen LogP contribution in [-0.2, 0) is 5.75 Å². The standard InChI is InChI=1S/C19H22N4OS.2ClH/c1-20-10-4-11-21-19(24)15-6-8-17(9-7-15)25-14-16-13-23-12-3-2-5-18(23)22-16;;/h2-3,5-9,12-13,20H,4,10-11,14H2,1H3,(H,21,24);2*1H. The molecule has 146 valence electrons. The molecule has 0 radical (unpaired) electrons. The van der Waals surface area contributed by atoms with Crippen molar-refractivity contribution in [2.45, 2.75) is 17.1 Å². The van der Waals surface area contributed by atoms with Crippen molar-refractivity contribution >= 4 is 48.1 Å². The number of aromatic nitrogens is 2. The highest BCUT2D eigenvalue weighted by molar-refractivity contribution is 7.98. The number of pyridine rings is 1. The lowest BCUT2D eigenvalue weighted by molar-refractivity contribution is 0.0953. The molecule has 0 saturated carbocycles. The molecule has 0 bridgehead atoms. The molecule has 27 heavy (non-hydrogen) atoms. The van der Waals surface area contributed by atoms with Crippen LogP contribution in [0.2, 0.25) is 0 Å². The van der Waals surface area contributed by atoms with Crippen LogP contribution in [0.25, 0.3) is 5.65 Å². The number of fused-ring (bicyclic) bond motifs is 1. The lowest BCUT2D eigenvalue weighted by Crippen LogP contribution is -2.26. The van der Waals surface area contributed by atoms with Gasteiger partial charge in [0.05, 0.1) is 5.69 Å². The van der Waals surface area contributed by atoms with Gasteiger partial charge in [-0.2, -0.15) is 0 Å². The van der Waals surface area contributed by atoms with Crippen LogP contribution in [0, 0.1) is 0 Å². The van der Waals surface area contributed by atoms with E-state index in [1.165, 1.54) is 0 Å². The molecule has 0 unspecified atom stereocenters. The number of rotatable bonds is 8. The van der Waals surface area contributed by atoms with Gasteiger partial charge in [0, 0.05) is 35.2 Å². The molecule has 1 amide bonds. The number of nitrogens with zero attached hydrogens (tertiary/aromatic N) is 2. The Labute approximate surface area is 176 Å². The van der Waals surface area contributed by atoms with E-state index in [1.54, 1.807) is 11.8 Å². The fraction of sp³-hybridized carbons (Fsp3) is 0.263. The zero-order valence-corrected chi connectivity index (χ0v) is 17.5. The van der Waals surface area contributed by atoms with E-state index in [0.717, 1.165) is 35.0 Å². The topological polar surface area (TPSA) is 58.4 Å². The first-order chi connectivity index (χ1) is 12.3. The van der Waals surface area contributed by atoms with Gasteiger partial charge in [-0.15, -0.1) is 36.6 Å². The van der Waals surface area contributed by atoms with Crippen molar-refractivity contribution in [2.75, 3.05) is 20.1 Å². The molecular weight excluding hydrogens is 403 g/mol. The van der Waals surface area contributed by atoms with Crippen molar-refractivity contribution in [1.82, 2.24) is 20.0 Å². The summed E-state index contributed by atoms with van der Waals surface area (Å²) in [4.78, 5) is 17.8. The van der Waals surface area contributed by atoms with Crippen LogP contribution in [0.1, 0.15) is 22.5 Å². The first-order valence-corrected chi connectivity index (χ1v) is 9.33. The molecule has 0 aliphatic carbocycles. The van der Waals surface area contributed by atoms with E-state index in [2.05, 4.69) is 21.8 Å². The highest BCUT2D eigenvalue weighted by atomic mass is 35.5. The minimum Gasteiger partial charge on any atom is -0.352 e. The molecule has 0 aliphatic heterocycles. The average Bonchev–Trinajstić information content (AvgIpc) is 3.07. The maximum Gasteiger partial charge on any atom is 0.251 e. The minimum absolute atomic E-state index is 0. The lowest BCUT2D eigenvalue weighted by atomic mass is 10.2. The molecule has 2 heterocycles. The number of thioether (sulfide) groups is 1. The van der Waals surface area contributed by atoms with Gasteiger partial charge in [-0.05, 0) is 56.4 Å². The Morgan fingerprint density at radius 1 is 1.11 bits per heavy atom. The smallest absolute Gasteiger partial charge is 0.251 e. The highest BCUT2D eigenvalue weighted by Crippen LogP contribution is 2.23. The third-order valence-corrected chi connectivity index (χ3v) is 4.85. The molecular formula is C19H24Cl2N4OS. The van der Waals surface area contributed by atoms with E-state index in [0.29, 0.717) is 12.1 Å². The Kier molecular flexibility index (Phi) is 10.3. The number of amides is 1. The van der Waals surface area contributed by atoms with Crippen molar-refractivity contribution in [2.24, 2.45) is 0 Å². The second-order valence-electron chi connectivity index (χ2n) is 5.72. The second-order valence-corrected chi connectivity index (χ2v) is 6.77. The second kappa shape index (κ2) is 11.9. The zero-order valence-electron chi connectivity index (χ0n) is 15.1. The van der Waals surface area contributed by atoms with Crippen LogP contribution >= 0.6 is 36.6 Å². The molecule has 3 aromatic rings. The summed E-state index contributed by atoms with van der Waals surface area (Å²) in [6.45, 7) is 1.59. The van der Waals surface area contributed by atoms with Crippen LogP contribution in [0.4, 0.5) is 0 Å². The largest absolute Gasteiger partial charge is 0.352 e. The minimum atomic E-state index is -0.0204. The van der Waals surface area contributed by atoms with Gasteiger partial charge in [-0.1, -0.05) is 6.07 Å². The average molecular weight is 427 g/mol. The van der Waals surface area contributed by atoms with Crippen molar-refractivity contribution in [3.05, 3.63) is 66.1 Å². The number of halogens is 2. The Balaban J connectivity index is 0.00000182. The number of hydrogen-bond donors (Lipinski definition) is 2. The molecule has 0 spiro atoms. The van der Waals surface area contributed by atoms with Gasteiger partial charge in [0.1, 0.15) is 5.65 Å². The first kappa shape index (κ1) is 23.3. The van der Waals surface area contributed by atoms with Gasteiger partial charge in [-0.3, -0.25) is 4.79 Å². The molecule has 5 nitrogen and oxygen atoms in total. The van der Waals surface area contributed by atoms with Gasteiger partial charge < -0.3 is 15.0 Å². The van der Waals surface area contributed by atoms with E-state index in [1.807, 2.05) is 60.1 Å². The van der Waals surface area contributed by atoms with Gasteiger partial charge in [-0.25, -0.2) is 4.98 Å². The normalized spacial score (nSPS) is 10.1. The molecule has 0 aliphatic rings. The number of nitrogens with one attached hydrogen (secondary N) is 2. The van der Waals surface area contributed by atoms with Crippen LogP contribution in [0.3, 0.4) is 0 Å². The maximum absolute atomic E-state index is 12.0. The number of carbonyl (C=O) groups excluding carboxylic acids is 1. The maximum atomic E-state index is 12.0. The summed E-state index contributed by atoms with van der Waals surface area (Å²) in [5, 5.41) is 5.99. The molecule has 0 saturated heterocycles. The molecule has 2 aromatic heterocycles. The van der Waals surface area contributed by atoms with Gasteiger partial charge >= 0.3 is 0 Å². The van der Waals surface area contributed by atoms with Crippen LogP contribution in [0.15, 0.2) is 59.8 Å². The lowest BCUT2D eigenvalue weighted by Gasteiger charge is -2.06. The molecule has 2 N–H and O–H groups in total. The number of carbonyl (C=O) groups is 1. The monoisotopic (exact) mass is 426 g/mol. The van der Waals surface area contributed by atoms with Crippen LogP contribution in [-0.4, -0.2) is 35.4 Å². The molecule has 1 aromatic carbocycles. The summed E-state index contributed by atoms with van der Waals surface area (Å²) in [5.74, 6) is 0.782. The summed E-state index contributed by atoms with van der Waals surface area (Å²) in [5.41, 5.74) is 2.70. The van der Waals surface area contributed by atoms with Gasteiger partial charge in [0.15, 0.2) is 0 Å². The van der Waals surface area contributed by atoms with E-state index >= 15 is 0 Å². The Hall–Kier alpha value is -1.73. The van der Waals surface area contributed by atoms with E-state index in [9.17, 15) is 4.79 Å². The van der Waals surface area contributed by atoms with Crippen LogP contribution in [0.5, 0.6) is 0 Å². The number of hydrogen-bond acceptors (Lipinski definition) is 4. The van der Waals surface area contributed by atoms with E-state index in [4.69, 9.17) is 0 Å². The SMILES string of the molecule is CNCCCNC(=O)c1ccc(SCc2cn3ccccc3n2)cc1.Cl.Cl. The summed E-state index contributed by atoms with van der Waals surface area (Å²) in [7, 11) is 1.91. The van der Waals surface area contributed by atoms with Crippen molar-refractivity contribution in [1.29, 1.82) is 0 Å². The molecule has 8 heteroatoms. The summed E-state index contributed by atoms with van der Waals surface area (Å²) < 4.78 is 2.03. The Bertz CT molecular complexity index is 806. The fourth-order valence-corrected chi connectivity index (χ4v) is 3.27. The number of benzene rings is 1. The fourth-order valence-electron chi connectivity index (χ4n) is 2.49. The van der Waals surface area contributed by atoms with Gasteiger partial charge in [0.25, 0.3) is 5.91 Å². The number of imidazole rings is 1. The Morgan fingerprint density at radius 3 is 2.59 bits per heavy atom. The summed E-state index contributed by atoms with van der Waals surface area (Å²) >= 11 is 1.72. The van der Waals surface area contributed by atoms with E-state index < -0.39 is 0 Å². The van der Waals surface area contributed by atoms with Gasteiger partial charge in [0.2, 0.25) is 0 Å². The van der Waals surface area contributed by atoms with Crippen molar-refractivity contribution in [3.8, 4) is 0 Å². The predicted molar refractivity (Wildman–Crippen MR) is 117 cm³/mol. The van der Waals surface area contributed by atoms with Crippen molar-refractivity contribution in [3.63, 3.8) is 0 Å². The van der Waals surface area contributed by atoms with E-state index in [-0.39, 0.29) is 30.7 Å².